The zero-order chi connectivity index (χ0) is 11.7. The Labute approximate surface area is 93.6 Å². The molecule has 2 atom stereocenters. The Morgan fingerprint density at radius 1 is 1.31 bits per heavy atom. The summed E-state index contributed by atoms with van der Waals surface area (Å²) in [4.78, 5) is 23.4. The van der Waals surface area contributed by atoms with Gasteiger partial charge in [-0.1, -0.05) is 25.5 Å². The van der Waals surface area contributed by atoms with Crippen LogP contribution in [0.4, 0.5) is 0 Å². The first-order chi connectivity index (χ1) is 7.70. The minimum atomic E-state index is -0.627. The number of epoxide rings is 1. The Kier molecular flexibility index (Phi) is 3.03. The van der Waals surface area contributed by atoms with Gasteiger partial charge in [-0.25, -0.2) is 0 Å². The molecule has 1 N–H and O–H groups in total. The second-order valence-electron chi connectivity index (χ2n) is 3.95. The standard InChI is InChI=1S/C12H14O4/c1-2-3-4-5-7-8(6-13)10(15)12-11(16-12)9(7)14/h4-5,11-13H,2-3,6H2,1H3/b5-4+/t11-,12+/m0/s1. The van der Waals surface area contributed by atoms with Crippen LogP contribution in [0, 0.1) is 0 Å². The van der Waals surface area contributed by atoms with E-state index in [1.54, 1.807) is 6.08 Å². The summed E-state index contributed by atoms with van der Waals surface area (Å²) in [6, 6.07) is 0. The zero-order valence-electron chi connectivity index (χ0n) is 9.10. The molecule has 1 saturated heterocycles. The van der Waals surface area contributed by atoms with Crippen molar-refractivity contribution in [3.05, 3.63) is 23.3 Å². The highest BCUT2D eigenvalue weighted by molar-refractivity contribution is 6.20. The Morgan fingerprint density at radius 2 is 2.00 bits per heavy atom. The third-order valence-electron chi connectivity index (χ3n) is 2.79. The van der Waals surface area contributed by atoms with Crippen LogP contribution in [0.2, 0.25) is 0 Å². The van der Waals surface area contributed by atoms with E-state index in [0.717, 1.165) is 12.8 Å². The lowest BCUT2D eigenvalue weighted by atomic mass is 9.89. The molecule has 0 spiro atoms. The fourth-order valence-electron chi connectivity index (χ4n) is 1.83. The van der Waals surface area contributed by atoms with Gasteiger partial charge in [0, 0.05) is 11.1 Å². The predicted molar refractivity (Wildman–Crippen MR) is 56.8 cm³/mol. The number of ether oxygens (including phenoxy) is 1. The molecule has 4 nitrogen and oxygen atoms in total. The van der Waals surface area contributed by atoms with Crippen LogP contribution in [0.3, 0.4) is 0 Å². The number of hydrogen-bond donors (Lipinski definition) is 1. The van der Waals surface area contributed by atoms with Crippen LogP contribution in [0.1, 0.15) is 19.8 Å². The lowest BCUT2D eigenvalue weighted by Crippen LogP contribution is -2.28. The van der Waals surface area contributed by atoms with E-state index in [4.69, 9.17) is 9.84 Å². The Bertz CT molecular complexity index is 392. The van der Waals surface area contributed by atoms with Gasteiger partial charge in [0.15, 0.2) is 23.8 Å². The first kappa shape index (κ1) is 11.2. The summed E-state index contributed by atoms with van der Waals surface area (Å²) >= 11 is 0. The normalized spacial score (nSPS) is 28.9. The van der Waals surface area contributed by atoms with Crippen LogP contribution in [0.25, 0.3) is 0 Å². The topological polar surface area (TPSA) is 66.9 Å². The molecule has 0 unspecified atom stereocenters. The molecule has 0 amide bonds. The van der Waals surface area contributed by atoms with Gasteiger partial charge in [-0.2, -0.15) is 0 Å². The number of Topliss-reactive ketones (excluding diaryl/α,β-unsaturated/α-hetero) is 2. The third-order valence-corrected chi connectivity index (χ3v) is 2.79. The quantitative estimate of drug-likeness (QED) is 0.705. The molecule has 86 valence electrons. The molecule has 0 saturated carbocycles. The van der Waals surface area contributed by atoms with Gasteiger partial charge in [0.2, 0.25) is 0 Å². The van der Waals surface area contributed by atoms with E-state index < -0.39 is 18.8 Å². The summed E-state index contributed by atoms with van der Waals surface area (Å²) in [6.45, 7) is 1.63. The zero-order valence-corrected chi connectivity index (χ0v) is 9.10. The first-order valence-electron chi connectivity index (χ1n) is 5.45. The number of hydrogen-bond acceptors (Lipinski definition) is 4. The van der Waals surface area contributed by atoms with Crippen molar-refractivity contribution in [3.63, 3.8) is 0 Å². The van der Waals surface area contributed by atoms with Gasteiger partial charge >= 0.3 is 0 Å². The number of aliphatic hydroxyl groups excluding tert-OH is 1. The molecular formula is C12H14O4. The summed E-state index contributed by atoms with van der Waals surface area (Å²) in [5.41, 5.74) is 0.510. The predicted octanol–water partition coefficient (Wildman–Crippen LogP) is 0.551. The van der Waals surface area contributed by atoms with Gasteiger partial charge in [-0.15, -0.1) is 0 Å². The number of allylic oxidation sites excluding steroid dienone is 2. The molecule has 1 aliphatic heterocycles. The second-order valence-corrected chi connectivity index (χ2v) is 3.95. The van der Waals surface area contributed by atoms with E-state index in [1.165, 1.54) is 0 Å². The van der Waals surface area contributed by atoms with Crippen molar-refractivity contribution < 1.29 is 19.4 Å². The number of rotatable bonds is 4. The van der Waals surface area contributed by atoms with Crippen molar-refractivity contribution in [2.75, 3.05) is 6.61 Å². The number of aliphatic hydroxyl groups is 1. The molecule has 16 heavy (non-hydrogen) atoms. The van der Waals surface area contributed by atoms with E-state index in [-0.39, 0.29) is 17.1 Å². The average Bonchev–Trinajstić information content (AvgIpc) is 3.06. The molecule has 0 radical (unpaired) electrons. The molecule has 0 aromatic carbocycles. The van der Waals surface area contributed by atoms with Crippen molar-refractivity contribution in [1.29, 1.82) is 0 Å². The third kappa shape index (κ3) is 1.74. The average molecular weight is 222 g/mol. The van der Waals surface area contributed by atoms with Crippen molar-refractivity contribution >= 4 is 11.6 Å². The van der Waals surface area contributed by atoms with Crippen LogP contribution < -0.4 is 0 Å². The van der Waals surface area contributed by atoms with Crippen LogP contribution in [-0.4, -0.2) is 35.5 Å². The summed E-state index contributed by atoms with van der Waals surface area (Å²) in [5, 5.41) is 9.12. The summed E-state index contributed by atoms with van der Waals surface area (Å²) in [7, 11) is 0. The lowest BCUT2D eigenvalue weighted by Gasteiger charge is -2.10. The molecule has 4 heteroatoms. The molecular weight excluding hydrogens is 208 g/mol. The van der Waals surface area contributed by atoms with Crippen molar-refractivity contribution in [2.45, 2.75) is 32.0 Å². The van der Waals surface area contributed by atoms with Crippen LogP contribution in [0.5, 0.6) is 0 Å². The summed E-state index contributed by atoms with van der Waals surface area (Å²) < 4.78 is 4.99. The van der Waals surface area contributed by atoms with Gasteiger partial charge in [-0.3, -0.25) is 9.59 Å². The Balaban J connectivity index is 2.28. The lowest BCUT2D eigenvalue weighted by molar-refractivity contribution is -0.120. The number of fused-ring (bicyclic) bond motifs is 1. The number of carbonyl (C=O) groups excluding carboxylic acids is 2. The fraction of sp³-hybridized carbons (Fsp3) is 0.500. The highest BCUT2D eigenvalue weighted by Crippen LogP contribution is 2.35. The monoisotopic (exact) mass is 222 g/mol. The Morgan fingerprint density at radius 3 is 2.62 bits per heavy atom. The molecule has 1 fully saturated rings. The smallest absolute Gasteiger partial charge is 0.195 e. The molecule has 0 aromatic rings. The molecule has 2 rings (SSSR count). The highest BCUT2D eigenvalue weighted by atomic mass is 16.6. The van der Waals surface area contributed by atoms with Crippen LogP contribution in [0.15, 0.2) is 23.3 Å². The van der Waals surface area contributed by atoms with Crippen molar-refractivity contribution in [3.8, 4) is 0 Å². The van der Waals surface area contributed by atoms with E-state index in [9.17, 15) is 9.59 Å². The van der Waals surface area contributed by atoms with E-state index in [0.29, 0.717) is 5.57 Å². The number of ketones is 2. The largest absolute Gasteiger partial charge is 0.392 e. The van der Waals surface area contributed by atoms with Gasteiger partial charge in [0.1, 0.15) is 0 Å². The minimum absolute atomic E-state index is 0.180. The maximum Gasteiger partial charge on any atom is 0.195 e. The van der Waals surface area contributed by atoms with E-state index in [1.807, 2.05) is 13.0 Å². The summed E-state index contributed by atoms with van der Waals surface area (Å²) in [6.07, 6.45) is 4.08. The van der Waals surface area contributed by atoms with Crippen molar-refractivity contribution in [1.82, 2.24) is 0 Å². The summed E-state index contributed by atoms with van der Waals surface area (Å²) in [5.74, 6) is -0.427. The fourth-order valence-corrected chi connectivity index (χ4v) is 1.83. The van der Waals surface area contributed by atoms with Crippen molar-refractivity contribution in [2.24, 2.45) is 0 Å². The van der Waals surface area contributed by atoms with Crippen LogP contribution >= 0.6 is 0 Å². The number of unbranched alkanes of at least 4 members (excludes halogenated alkanes) is 1. The molecule has 1 aliphatic carbocycles. The van der Waals surface area contributed by atoms with Crippen LogP contribution in [-0.2, 0) is 14.3 Å². The van der Waals surface area contributed by atoms with Gasteiger partial charge in [0.25, 0.3) is 0 Å². The molecule has 0 bridgehead atoms. The minimum Gasteiger partial charge on any atom is -0.392 e. The highest BCUT2D eigenvalue weighted by Gasteiger charge is 2.55. The maximum absolute atomic E-state index is 11.8. The SMILES string of the molecule is CCC/C=C/C1=C(CO)C(=O)[C@H]2O[C@H]2C1=O. The molecule has 2 aliphatic rings. The second kappa shape index (κ2) is 4.31. The van der Waals surface area contributed by atoms with E-state index in [2.05, 4.69) is 0 Å². The Hall–Kier alpha value is -1.26. The van der Waals surface area contributed by atoms with Gasteiger partial charge < -0.3 is 9.84 Å². The first-order valence-corrected chi connectivity index (χ1v) is 5.45. The maximum atomic E-state index is 11.8. The van der Waals surface area contributed by atoms with Gasteiger partial charge in [0.05, 0.1) is 6.61 Å². The van der Waals surface area contributed by atoms with Gasteiger partial charge in [-0.05, 0) is 6.42 Å². The molecule has 1 heterocycles. The number of carbonyl (C=O) groups is 2. The van der Waals surface area contributed by atoms with E-state index >= 15 is 0 Å². The molecule has 0 aromatic heterocycles.